The lowest BCUT2D eigenvalue weighted by Gasteiger charge is -2.32. The van der Waals surface area contributed by atoms with Crippen LogP contribution >= 0.6 is 0 Å². The number of methoxy groups -OCH3 is 1. The number of alkyl halides is 1. The molecular formula is C16H21FN4O. The Morgan fingerprint density at radius 2 is 2.27 bits per heavy atom. The quantitative estimate of drug-likeness (QED) is 0.928. The van der Waals surface area contributed by atoms with Gasteiger partial charge in [0.25, 0.3) is 0 Å². The first kappa shape index (κ1) is 15.1. The van der Waals surface area contributed by atoms with Gasteiger partial charge in [0.15, 0.2) is 0 Å². The average Bonchev–Trinajstić information content (AvgIpc) is 2.55. The zero-order valence-electron chi connectivity index (χ0n) is 12.7. The molecule has 0 spiro atoms. The van der Waals surface area contributed by atoms with Gasteiger partial charge in [-0.15, -0.1) is 0 Å². The lowest BCUT2D eigenvalue weighted by Crippen LogP contribution is -2.48. The molecule has 118 valence electrons. The van der Waals surface area contributed by atoms with E-state index in [9.17, 15) is 4.39 Å². The molecule has 2 aromatic heterocycles. The van der Waals surface area contributed by atoms with Crippen molar-refractivity contribution in [1.82, 2.24) is 14.9 Å². The van der Waals surface area contributed by atoms with Crippen LogP contribution < -0.4 is 10.5 Å². The first-order valence-corrected chi connectivity index (χ1v) is 7.58. The topological polar surface area (TPSA) is 64.3 Å². The third-order valence-electron chi connectivity index (χ3n) is 4.22. The second-order valence-corrected chi connectivity index (χ2v) is 5.71. The first-order chi connectivity index (χ1) is 10.7. The van der Waals surface area contributed by atoms with Crippen molar-refractivity contribution < 1.29 is 9.13 Å². The van der Waals surface area contributed by atoms with Crippen molar-refractivity contribution in [3.8, 4) is 5.88 Å². The summed E-state index contributed by atoms with van der Waals surface area (Å²) in [6, 6.07) is 5.36. The molecule has 0 amide bonds. The van der Waals surface area contributed by atoms with Crippen LogP contribution in [0.25, 0.3) is 11.0 Å². The number of nitrogens with two attached hydrogens (primary N) is 1. The van der Waals surface area contributed by atoms with Crippen LogP contribution in [-0.4, -0.2) is 53.8 Å². The zero-order valence-corrected chi connectivity index (χ0v) is 12.7. The number of likely N-dealkylation sites (tertiary alicyclic amines) is 1. The highest BCUT2D eigenvalue weighted by molar-refractivity contribution is 5.78. The molecule has 22 heavy (non-hydrogen) atoms. The van der Waals surface area contributed by atoms with Crippen molar-refractivity contribution in [3.63, 3.8) is 0 Å². The van der Waals surface area contributed by atoms with Gasteiger partial charge in [-0.05, 0) is 37.1 Å². The van der Waals surface area contributed by atoms with Gasteiger partial charge in [0.05, 0.1) is 18.1 Å². The molecule has 0 radical (unpaired) electrons. The first-order valence-electron chi connectivity index (χ1n) is 7.58. The summed E-state index contributed by atoms with van der Waals surface area (Å²) in [5, 5.41) is 0. The van der Waals surface area contributed by atoms with E-state index in [-0.39, 0.29) is 6.04 Å². The number of aromatic nitrogens is 2. The molecule has 2 N–H and O–H groups in total. The number of halogens is 1. The summed E-state index contributed by atoms with van der Waals surface area (Å²) in [4.78, 5) is 10.9. The van der Waals surface area contributed by atoms with Crippen LogP contribution in [0, 0.1) is 0 Å². The number of hydrogen-bond acceptors (Lipinski definition) is 5. The molecule has 0 bridgehead atoms. The standard InChI is InChI=1S/C16H21FN4O/c1-22-15-3-2-14-16(20-15)11(4-7-19-14)5-8-21-9-6-13(18)12(17)10-21/h2-4,7,12-13H,5-6,8-10,18H2,1H3/t12-,13-/m0/s1. The Balaban J connectivity index is 1.73. The van der Waals surface area contributed by atoms with Gasteiger partial charge >= 0.3 is 0 Å². The fraction of sp³-hybridized carbons (Fsp3) is 0.500. The summed E-state index contributed by atoms with van der Waals surface area (Å²) in [6.45, 7) is 2.06. The molecule has 2 aromatic rings. The van der Waals surface area contributed by atoms with Crippen molar-refractivity contribution in [1.29, 1.82) is 0 Å². The predicted molar refractivity (Wildman–Crippen MR) is 83.7 cm³/mol. The van der Waals surface area contributed by atoms with Gasteiger partial charge in [0.2, 0.25) is 5.88 Å². The van der Waals surface area contributed by atoms with E-state index in [4.69, 9.17) is 10.5 Å². The van der Waals surface area contributed by atoms with Gasteiger partial charge < -0.3 is 10.5 Å². The van der Waals surface area contributed by atoms with Crippen LogP contribution in [0.15, 0.2) is 24.4 Å². The lowest BCUT2D eigenvalue weighted by atomic mass is 10.0. The lowest BCUT2D eigenvalue weighted by molar-refractivity contribution is 0.121. The highest BCUT2D eigenvalue weighted by Gasteiger charge is 2.25. The van der Waals surface area contributed by atoms with E-state index in [0.717, 1.165) is 36.1 Å². The molecule has 1 fully saturated rings. The van der Waals surface area contributed by atoms with Gasteiger partial charge in [0.1, 0.15) is 6.17 Å². The van der Waals surface area contributed by atoms with E-state index < -0.39 is 6.17 Å². The molecule has 1 aliphatic rings. The fourth-order valence-corrected chi connectivity index (χ4v) is 2.84. The minimum atomic E-state index is -0.929. The largest absolute Gasteiger partial charge is 0.481 e. The molecule has 5 nitrogen and oxygen atoms in total. The maximum Gasteiger partial charge on any atom is 0.213 e. The van der Waals surface area contributed by atoms with Crippen molar-refractivity contribution in [3.05, 3.63) is 30.0 Å². The van der Waals surface area contributed by atoms with Crippen LogP contribution in [0.2, 0.25) is 0 Å². The predicted octanol–water partition coefficient (Wildman–Crippen LogP) is 1.55. The summed E-state index contributed by atoms with van der Waals surface area (Å²) in [7, 11) is 1.60. The third-order valence-corrected chi connectivity index (χ3v) is 4.22. The van der Waals surface area contributed by atoms with Crippen molar-refractivity contribution in [2.45, 2.75) is 25.1 Å². The number of fused-ring (bicyclic) bond motifs is 1. The minimum Gasteiger partial charge on any atom is -0.481 e. The van der Waals surface area contributed by atoms with Crippen LogP contribution in [-0.2, 0) is 6.42 Å². The molecule has 2 atom stereocenters. The number of hydrogen-bond donors (Lipinski definition) is 1. The van der Waals surface area contributed by atoms with Crippen LogP contribution in [0.5, 0.6) is 5.88 Å². The van der Waals surface area contributed by atoms with E-state index >= 15 is 0 Å². The maximum atomic E-state index is 13.7. The molecule has 0 aliphatic carbocycles. The Morgan fingerprint density at radius 3 is 3.05 bits per heavy atom. The normalized spacial score (nSPS) is 22.9. The molecule has 1 saturated heterocycles. The third kappa shape index (κ3) is 3.18. The van der Waals surface area contributed by atoms with Gasteiger partial charge in [-0.1, -0.05) is 0 Å². The van der Waals surface area contributed by atoms with E-state index in [2.05, 4.69) is 14.9 Å². The average molecular weight is 304 g/mol. The molecule has 3 rings (SSSR count). The Labute approximate surface area is 129 Å². The van der Waals surface area contributed by atoms with Crippen LogP contribution in [0.4, 0.5) is 4.39 Å². The van der Waals surface area contributed by atoms with Crippen molar-refractivity contribution in [2.24, 2.45) is 5.73 Å². The Bertz CT molecular complexity index is 651. The van der Waals surface area contributed by atoms with Gasteiger partial charge in [0, 0.05) is 31.4 Å². The molecule has 0 aromatic carbocycles. The van der Waals surface area contributed by atoms with Crippen molar-refractivity contribution >= 4 is 11.0 Å². The molecule has 1 aliphatic heterocycles. The Hall–Kier alpha value is -1.79. The number of ether oxygens (including phenoxy) is 1. The minimum absolute atomic E-state index is 0.316. The molecule has 0 saturated carbocycles. The second kappa shape index (κ2) is 6.54. The van der Waals surface area contributed by atoms with Gasteiger partial charge in [-0.2, -0.15) is 0 Å². The Kier molecular flexibility index (Phi) is 4.49. The zero-order chi connectivity index (χ0) is 15.5. The highest BCUT2D eigenvalue weighted by Crippen LogP contribution is 2.20. The molecular weight excluding hydrogens is 283 g/mol. The molecule has 3 heterocycles. The highest BCUT2D eigenvalue weighted by atomic mass is 19.1. The van der Waals surface area contributed by atoms with Crippen molar-refractivity contribution in [2.75, 3.05) is 26.7 Å². The number of nitrogens with zero attached hydrogens (tertiary/aromatic N) is 3. The smallest absolute Gasteiger partial charge is 0.213 e. The maximum absolute atomic E-state index is 13.7. The number of piperidine rings is 1. The summed E-state index contributed by atoms with van der Waals surface area (Å²) in [6.07, 6.45) is 2.38. The van der Waals surface area contributed by atoms with Gasteiger partial charge in [-0.25, -0.2) is 9.37 Å². The van der Waals surface area contributed by atoms with Crippen LogP contribution in [0.3, 0.4) is 0 Å². The van der Waals surface area contributed by atoms with Crippen LogP contribution in [0.1, 0.15) is 12.0 Å². The van der Waals surface area contributed by atoms with Gasteiger partial charge in [-0.3, -0.25) is 9.88 Å². The second-order valence-electron chi connectivity index (χ2n) is 5.71. The monoisotopic (exact) mass is 304 g/mol. The fourth-order valence-electron chi connectivity index (χ4n) is 2.84. The number of pyridine rings is 2. The summed E-state index contributed by atoms with van der Waals surface area (Å²) in [5.41, 5.74) is 8.53. The number of rotatable bonds is 4. The molecule has 0 unspecified atom stereocenters. The Morgan fingerprint density at radius 1 is 1.41 bits per heavy atom. The summed E-state index contributed by atoms with van der Waals surface area (Å²) >= 11 is 0. The summed E-state index contributed by atoms with van der Waals surface area (Å²) < 4.78 is 18.9. The summed E-state index contributed by atoms with van der Waals surface area (Å²) in [5.74, 6) is 0.578. The SMILES string of the molecule is COc1ccc2nccc(CCN3CC[C@H](N)[C@@H](F)C3)c2n1. The van der Waals surface area contributed by atoms with E-state index in [1.807, 2.05) is 12.1 Å². The molecule has 6 heteroatoms. The van der Waals surface area contributed by atoms with E-state index in [1.165, 1.54) is 0 Å². The van der Waals surface area contributed by atoms with E-state index in [1.54, 1.807) is 19.4 Å². The van der Waals surface area contributed by atoms with E-state index in [0.29, 0.717) is 18.8 Å².